The van der Waals surface area contributed by atoms with Crippen LogP contribution in [0.15, 0.2) is 24.3 Å². The minimum absolute atomic E-state index is 0.262. The van der Waals surface area contributed by atoms with Gasteiger partial charge in [-0.3, -0.25) is 19.3 Å². The van der Waals surface area contributed by atoms with Crippen molar-refractivity contribution in [1.29, 1.82) is 0 Å². The van der Waals surface area contributed by atoms with Crippen molar-refractivity contribution >= 4 is 23.7 Å². The van der Waals surface area contributed by atoms with Gasteiger partial charge in [-0.1, -0.05) is 19.1 Å². The lowest BCUT2D eigenvalue weighted by atomic mass is 10.1. The van der Waals surface area contributed by atoms with Crippen LogP contribution in [0.1, 0.15) is 41.0 Å². The maximum atomic E-state index is 12.3. The first-order valence-electron chi connectivity index (χ1n) is 7.37. The Hall–Kier alpha value is -2.70. The molecule has 1 aliphatic rings. The third-order valence-electron chi connectivity index (χ3n) is 3.47. The standard InChI is InChI=1S/C16H18N2O5/c1-3-8-17-13(19)9-23-16(22)10(2)18-14(20)11-6-4-5-7-12(11)15(18)21/h4-7,10H,3,8-9H2,1-2H3,(H,17,19)/t10-/m1/s1. The molecule has 0 spiro atoms. The normalized spacial score (nSPS) is 14.4. The summed E-state index contributed by atoms with van der Waals surface area (Å²) in [6.07, 6.45) is 0.769. The molecule has 0 aliphatic carbocycles. The highest BCUT2D eigenvalue weighted by Gasteiger charge is 2.41. The highest BCUT2D eigenvalue weighted by atomic mass is 16.5. The zero-order valence-electron chi connectivity index (χ0n) is 13.0. The van der Waals surface area contributed by atoms with Crippen LogP contribution in [0.4, 0.5) is 0 Å². The number of nitrogens with zero attached hydrogens (tertiary/aromatic N) is 1. The van der Waals surface area contributed by atoms with Gasteiger partial charge in [-0.2, -0.15) is 0 Å². The smallest absolute Gasteiger partial charge is 0.329 e. The zero-order valence-corrected chi connectivity index (χ0v) is 13.0. The number of fused-ring (bicyclic) bond motifs is 1. The van der Waals surface area contributed by atoms with E-state index in [1.807, 2.05) is 6.92 Å². The van der Waals surface area contributed by atoms with Crippen LogP contribution in [0.3, 0.4) is 0 Å². The SMILES string of the molecule is CCCNC(=O)COC(=O)[C@@H](C)N1C(=O)c2ccccc2C1=O. The van der Waals surface area contributed by atoms with E-state index in [9.17, 15) is 19.2 Å². The molecule has 0 saturated heterocycles. The number of carbonyl (C=O) groups is 4. The Kier molecular flexibility index (Phi) is 5.10. The topological polar surface area (TPSA) is 92.8 Å². The molecule has 1 atom stereocenters. The lowest BCUT2D eigenvalue weighted by Gasteiger charge is -2.20. The third-order valence-corrected chi connectivity index (χ3v) is 3.47. The fraction of sp³-hybridized carbons (Fsp3) is 0.375. The highest BCUT2D eigenvalue weighted by Crippen LogP contribution is 2.24. The lowest BCUT2D eigenvalue weighted by molar-refractivity contribution is -0.151. The van der Waals surface area contributed by atoms with Crippen molar-refractivity contribution in [2.45, 2.75) is 26.3 Å². The Bertz CT molecular complexity index is 621. The molecule has 0 radical (unpaired) electrons. The van der Waals surface area contributed by atoms with E-state index in [1.54, 1.807) is 12.1 Å². The average Bonchev–Trinajstić information content (AvgIpc) is 2.81. The predicted molar refractivity (Wildman–Crippen MR) is 80.7 cm³/mol. The van der Waals surface area contributed by atoms with Gasteiger partial charge in [0.15, 0.2) is 6.61 Å². The van der Waals surface area contributed by atoms with E-state index >= 15 is 0 Å². The maximum Gasteiger partial charge on any atom is 0.329 e. The molecule has 0 aromatic heterocycles. The monoisotopic (exact) mass is 318 g/mol. The van der Waals surface area contributed by atoms with Crippen LogP contribution in [-0.4, -0.2) is 47.8 Å². The van der Waals surface area contributed by atoms with E-state index in [0.717, 1.165) is 11.3 Å². The lowest BCUT2D eigenvalue weighted by Crippen LogP contribution is -2.44. The van der Waals surface area contributed by atoms with Crippen LogP contribution in [0, 0.1) is 0 Å². The second-order valence-electron chi connectivity index (χ2n) is 5.16. The fourth-order valence-electron chi connectivity index (χ4n) is 2.24. The summed E-state index contributed by atoms with van der Waals surface area (Å²) in [5.41, 5.74) is 0.524. The number of imide groups is 1. The number of benzene rings is 1. The van der Waals surface area contributed by atoms with E-state index in [2.05, 4.69) is 5.32 Å². The van der Waals surface area contributed by atoms with E-state index in [-0.39, 0.29) is 11.1 Å². The first kappa shape index (κ1) is 16.7. The summed E-state index contributed by atoms with van der Waals surface area (Å²) in [6, 6.07) is 5.27. The quantitative estimate of drug-likeness (QED) is 0.617. The molecule has 7 nitrogen and oxygen atoms in total. The van der Waals surface area contributed by atoms with E-state index in [1.165, 1.54) is 19.1 Å². The predicted octanol–water partition coefficient (Wildman–Crippen LogP) is 0.740. The molecule has 122 valence electrons. The zero-order chi connectivity index (χ0) is 17.0. The minimum Gasteiger partial charge on any atom is -0.454 e. The average molecular weight is 318 g/mol. The first-order chi connectivity index (χ1) is 11.0. The number of hydrogen-bond acceptors (Lipinski definition) is 5. The number of rotatable bonds is 6. The first-order valence-corrected chi connectivity index (χ1v) is 7.37. The summed E-state index contributed by atoms with van der Waals surface area (Å²) >= 11 is 0. The van der Waals surface area contributed by atoms with Crippen LogP contribution in [0.2, 0.25) is 0 Å². The van der Waals surface area contributed by atoms with Crippen LogP contribution >= 0.6 is 0 Å². The van der Waals surface area contributed by atoms with Gasteiger partial charge in [-0.25, -0.2) is 4.79 Å². The minimum atomic E-state index is -1.10. The molecule has 23 heavy (non-hydrogen) atoms. The molecule has 1 aromatic carbocycles. The summed E-state index contributed by atoms with van der Waals surface area (Å²) in [5, 5.41) is 2.56. The van der Waals surface area contributed by atoms with Gasteiger partial charge in [0.05, 0.1) is 11.1 Å². The summed E-state index contributed by atoms with van der Waals surface area (Å²) in [6.45, 7) is 3.35. The van der Waals surface area contributed by atoms with Crippen molar-refractivity contribution in [3.63, 3.8) is 0 Å². The molecular weight excluding hydrogens is 300 g/mol. The van der Waals surface area contributed by atoms with Crippen molar-refractivity contribution in [2.24, 2.45) is 0 Å². The van der Waals surface area contributed by atoms with Gasteiger partial charge < -0.3 is 10.1 Å². The Morgan fingerprint density at radius 2 is 1.74 bits per heavy atom. The molecule has 1 aliphatic heterocycles. The second-order valence-corrected chi connectivity index (χ2v) is 5.16. The van der Waals surface area contributed by atoms with Crippen molar-refractivity contribution in [2.75, 3.05) is 13.2 Å². The Morgan fingerprint density at radius 1 is 1.17 bits per heavy atom. The van der Waals surface area contributed by atoms with Crippen molar-refractivity contribution < 1.29 is 23.9 Å². The van der Waals surface area contributed by atoms with Crippen LogP contribution < -0.4 is 5.32 Å². The summed E-state index contributed by atoms with van der Waals surface area (Å²) < 4.78 is 4.87. The molecular formula is C16H18N2O5. The highest BCUT2D eigenvalue weighted by molar-refractivity contribution is 6.22. The molecule has 0 unspecified atom stereocenters. The molecule has 1 N–H and O–H groups in total. The van der Waals surface area contributed by atoms with Gasteiger partial charge >= 0.3 is 5.97 Å². The third kappa shape index (κ3) is 3.39. The largest absolute Gasteiger partial charge is 0.454 e. The summed E-state index contributed by atoms with van der Waals surface area (Å²) in [5.74, 6) is -2.29. The van der Waals surface area contributed by atoms with Crippen molar-refractivity contribution in [1.82, 2.24) is 10.2 Å². The number of ether oxygens (including phenoxy) is 1. The molecule has 2 rings (SSSR count). The van der Waals surface area contributed by atoms with Crippen LogP contribution in [-0.2, 0) is 14.3 Å². The van der Waals surface area contributed by atoms with E-state index in [4.69, 9.17) is 4.74 Å². The van der Waals surface area contributed by atoms with Gasteiger partial charge in [0.25, 0.3) is 17.7 Å². The number of amides is 3. The fourth-order valence-corrected chi connectivity index (χ4v) is 2.24. The molecule has 7 heteroatoms. The Morgan fingerprint density at radius 3 is 2.26 bits per heavy atom. The summed E-state index contributed by atoms with van der Waals surface area (Å²) in [7, 11) is 0. The molecule has 0 fully saturated rings. The summed E-state index contributed by atoms with van der Waals surface area (Å²) in [4.78, 5) is 48.8. The van der Waals surface area contributed by atoms with Gasteiger partial charge in [0.2, 0.25) is 0 Å². The van der Waals surface area contributed by atoms with Gasteiger partial charge in [0.1, 0.15) is 6.04 Å². The van der Waals surface area contributed by atoms with E-state index in [0.29, 0.717) is 6.54 Å². The number of nitrogens with one attached hydrogen (secondary N) is 1. The molecule has 1 aromatic rings. The molecule has 3 amide bonds. The van der Waals surface area contributed by atoms with Crippen molar-refractivity contribution in [3.05, 3.63) is 35.4 Å². The van der Waals surface area contributed by atoms with Crippen LogP contribution in [0.25, 0.3) is 0 Å². The van der Waals surface area contributed by atoms with Crippen molar-refractivity contribution in [3.8, 4) is 0 Å². The van der Waals surface area contributed by atoms with Gasteiger partial charge in [0, 0.05) is 6.54 Å². The molecule has 1 heterocycles. The van der Waals surface area contributed by atoms with Crippen LogP contribution in [0.5, 0.6) is 0 Å². The van der Waals surface area contributed by atoms with Gasteiger partial charge in [-0.05, 0) is 25.5 Å². The number of carbonyl (C=O) groups excluding carboxylic acids is 4. The Labute approximate surface area is 133 Å². The second kappa shape index (κ2) is 7.04. The molecule has 0 bridgehead atoms. The van der Waals surface area contributed by atoms with E-state index < -0.39 is 36.3 Å². The maximum absolute atomic E-state index is 12.3. The Balaban J connectivity index is 2.00. The molecule has 0 saturated carbocycles. The number of hydrogen-bond donors (Lipinski definition) is 1. The van der Waals surface area contributed by atoms with Gasteiger partial charge in [-0.15, -0.1) is 0 Å². The number of esters is 1.